The summed E-state index contributed by atoms with van der Waals surface area (Å²) in [5, 5.41) is 19.8. The molecule has 7 amide bonds. The first-order valence-corrected chi connectivity index (χ1v) is 15.3. The number of primary amides is 2. The number of unbranched alkanes of at least 4 members (excludes halogenated alkanes) is 1. The van der Waals surface area contributed by atoms with Crippen molar-refractivity contribution in [2.75, 3.05) is 13.1 Å². The second-order valence-electron chi connectivity index (χ2n) is 11.6. The number of nitrogens with one attached hydrogen (secondary N) is 4. The van der Waals surface area contributed by atoms with Gasteiger partial charge in [-0.25, -0.2) is 0 Å². The van der Waals surface area contributed by atoms with Crippen LogP contribution in [0, 0.1) is 5.92 Å². The van der Waals surface area contributed by atoms with Crippen molar-refractivity contribution in [2.45, 2.75) is 115 Å². The van der Waals surface area contributed by atoms with Crippen molar-refractivity contribution in [3.05, 3.63) is 0 Å². The van der Waals surface area contributed by atoms with Gasteiger partial charge in [0.1, 0.15) is 30.2 Å². The van der Waals surface area contributed by atoms with Gasteiger partial charge in [-0.15, -0.1) is 0 Å². The third-order valence-electron chi connectivity index (χ3n) is 7.73. The quantitative estimate of drug-likeness (QED) is 0.0619. The predicted octanol–water partition coefficient (Wildman–Crippen LogP) is -3.82. The lowest BCUT2D eigenvalue weighted by Gasteiger charge is -2.31. The number of carbonyl (C=O) groups excluding carboxylic acids is 7. The van der Waals surface area contributed by atoms with Gasteiger partial charge in [0.15, 0.2) is 0 Å². The summed E-state index contributed by atoms with van der Waals surface area (Å²) < 4.78 is 0. The van der Waals surface area contributed by atoms with Crippen molar-refractivity contribution in [2.24, 2.45) is 28.9 Å². The average Bonchev–Trinajstić information content (AvgIpc) is 3.46. The fourth-order valence-electron chi connectivity index (χ4n) is 4.86. The van der Waals surface area contributed by atoms with Crippen molar-refractivity contribution < 1.29 is 38.7 Å². The number of rotatable bonds is 19. The number of nitrogens with two attached hydrogens (primary N) is 4. The summed E-state index contributed by atoms with van der Waals surface area (Å²) >= 11 is 0. The number of nitrogens with zero attached hydrogens (tertiary/aromatic N) is 1. The van der Waals surface area contributed by atoms with E-state index in [9.17, 15) is 38.7 Å². The molecule has 17 nitrogen and oxygen atoms in total. The lowest BCUT2D eigenvalue weighted by molar-refractivity contribution is -0.143. The van der Waals surface area contributed by atoms with Crippen LogP contribution in [0.15, 0.2) is 0 Å². The third-order valence-corrected chi connectivity index (χ3v) is 7.73. The molecular formula is C28H51N9O8. The lowest BCUT2D eigenvalue weighted by Crippen LogP contribution is -2.60. The minimum absolute atomic E-state index is 0.175. The smallest absolute Gasteiger partial charge is 0.245 e. The number of likely N-dealkylation sites (tertiary alicyclic amines) is 1. The Kier molecular flexibility index (Phi) is 16.4. The summed E-state index contributed by atoms with van der Waals surface area (Å²) in [6, 6.07) is -6.95. The summed E-state index contributed by atoms with van der Waals surface area (Å²) in [6.07, 6.45) is 0.487. The predicted molar refractivity (Wildman–Crippen MR) is 163 cm³/mol. The van der Waals surface area contributed by atoms with E-state index in [4.69, 9.17) is 22.9 Å². The molecule has 0 spiro atoms. The Morgan fingerprint density at radius 2 is 1.49 bits per heavy atom. The molecule has 1 aliphatic heterocycles. The highest BCUT2D eigenvalue weighted by atomic mass is 16.3. The molecular weight excluding hydrogens is 590 g/mol. The Morgan fingerprint density at radius 1 is 0.867 bits per heavy atom. The van der Waals surface area contributed by atoms with E-state index >= 15 is 0 Å². The highest BCUT2D eigenvalue weighted by Gasteiger charge is 2.40. The van der Waals surface area contributed by atoms with Crippen LogP contribution in [0.3, 0.4) is 0 Å². The Hall–Kier alpha value is -3.83. The van der Waals surface area contributed by atoms with Gasteiger partial charge in [-0.05, 0) is 58.4 Å². The van der Waals surface area contributed by atoms with Crippen molar-refractivity contribution >= 4 is 41.4 Å². The zero-order chi connectivity index (χ0) is 34.4. The molecule has 1 aliphatic rings. The molecule has 0 aliphatic carbocycles. The molecule has 1 heterocycles. The monoisotopic (exact) mass is 641 g/mol. The van der Waals surface area contributed by atoms with E-state index in [0.717, 1.165) is 0 Å². The first kappa shape index (κ1) is 39.2. The number of hydrogen-bond donors (Lipinski definition) is 9. The maximum absolute atomic E-state index is 13.8. The molecule has 13 N–H and O–H groups in total. The molecule has 1 rings (SSSR count). The Bertz CT molecular complexity index is 1070. The molecule has 1 saturated heterocycles. The number of aliphatic hydroxyl groups excluding tert-OH is 1. The molecule has 0 unspecified atom stereocenters. The van der Waals surface area contributed by atoms with Gasteiger partial charge < -0.3 is 54.2 Å². The first-order chi connectivity index (χ1) is 21.0. The molecule has 0 aromatic carbocycles. The van der Waals surface area contributed by atoms with Gasteiger partial charge in [0.2, 0.25) is 41.4 Å². The van der Waals surface area contributed by atoms with Gasteiger partial charge >= 0.3 is 0 Å². The van der Waals surface area contributed by atoms with E-state index < -0.39 is 90.1 Å². The van der Waals surface area contributed by atoms with E-state index in [1.54, 1.807) is 6.92 Å². The van der Waals surface area contributed by atoms with Crippen molar-refractivity contribution in [3.63, 3.8) is 0 Å². The van der Waals surface area contributed by atoms with Crippen LogP contribution in [0.25, 0.3) is 0 Å². The largest absolute Gasteiger partial charge is 0.391 e. The molecule has 45 heavy (non-hydrogen) atoms. The number of aliphatic hydroxyl groups is 1. The standard InChI is InChI=1S/C28H51N9O8/c1-5-14(2)21(35-24(41)15(3)30)27(44)33-17(9-6-7-11-29)28(45)37-12-8-10-19(37)26(43)34-18(13-20(31)39)25(42)36-22(16(4)38)23(32)40/h14-19,21-22,38H,5-13,29-30H2,1-4H3,(H2,31,39)(H2,32,40)(H,33,44)(H,34,43)(H,35,41)(H,36,42)/t14-,15-,16+,17-,18-,19-,21-,22-/m0/s1. The van der Waals surface area contributed by atoms with Crippen LogP contribution in [0.2, 0.25) is 0 Å². The Morgan fingerprint density at radius 3 is 2.00 bits per heavy atom. The minimum Gasteiger partial charge on any atom is -0.391 e. The molecule has 17 heteroatoms. The molecule has 0 saturated carbocycles. The zero-order valence-electron chi connectivity index (χ0n) is 26.5. The molecule has 0 radical (unpaired) electrons. The van der Waals surface area contributed by atoms with Crippen LogP contribution in [-0.2, 0) is 33.6 Å². The third kappa shape index (κ3) is 12.2. The van der Waals surface area contributed by atoms with Crippen LogP contribution in [-0.4, -0.2) is 107 Å². The lowest BCUT2D eigenvalue weighted by atomic mass is 9.97. The van der Waals surface area contributed by atoms with Crippen molar-refractivity contribution in [1.82, 2.24) is 26.2 Å². The second kappa shape index (κ2) is 18.9. The average molecular weight is 642 g/mol. The maximum Gasteiger partial charge on any atom is 0.245 e. The summed E-state index contributed by atoms with van der Waals surface area (Å²) in [6.45, 7) is 6.88. The van der Waals surface area contributed by atoms with E-state index in [0.29, 0.717) is 32.2 Å². The zero-order valence-corrected chi connectivity index (χ0v) is 26.5. The van der Waals surface area contributed by atoms with Crippen LogP contribution >= 0.6 is 0 Å². The van der Waals surface area contributed by atoms with E-state index in [1.165, 1.54) is 18.7 Å². The molecule has 0 aromatic rings. The van der Waals surface area contributed by atoms with Crippen LogP contribution < -0.4 is 44.2 Å². The number of amides is 7. The summed E-state index contributed by atoms with van der Waals surface area (Å²) in [7, 11) is 0. The van der Waals surface area contributed by atoms with Crippen LogP contribution in [0.1, 0.15) is 72.6 Å². The molecule has 1 fully saturated rings. The van der Waals surface area contributed by atoms with Crippen LogP contribution in [0.4, 0.5) is 0 Å². The second-order valence-corrected chi connectivity index (χ2v) is 11.6. The van der Waals surface area contributed by atoms with Crippen molar-refractivity contribution in [1.29, 1.82) is 0 Å². The fourth-order valence-corrected chi connectivity index (χ4v) is 4.86. The van der Waals surface area contributed by atoms with Gasteiger partial charge in [-0.1, -0.05) is 20.3 Å². The topological polar surface area (TPSA) is 295 Å². The Balaban J connectivity index is 3.21. The summed E-state index contributed by atoms with van der Waals surface area (Å²) in [5.74, 6) is -5.65. The highest BCUT2D eigenvalue weighted by molar-refractivity contribution is 5.98. The van der Waals surface area contributed by atoms with Gasteiger partial charge in [0, 0.05) is 6.54 Å². The molecule has 0 aromatic heterocycles. The number of carbonyl (C=O) groups is 7. The van der Waals surface area contributed by atoms with Gasteiger partial charge in [-0.2, -0.15) is 0 Å². The van der Waals surface area contributed by atoms with E-state index in [2.05, 4.69) is 21.3 Å². The number of hydrogen-bond acceptors (Lipinski definition) is 10. The van der Waals surface area contributed by atoms with Crippen LogP contribution in [0.5, 0.6) is 0 Å². The van der Waals surface area contributed by atoms with E-state index in [-0.39, 0.29) is 25.3 Å². The maximum atomic E-state index is 13.8. The normalized spacial score (nSPS) is 19.2. The SMILES string of the molecule is CC[C@H](C)[C@H](NC(=O)[C@H](C)N)C(=O)N[C@@H](CCCCN)C(=O)N1CCC[C@H]1C(=O)N[C@@H](CC(N)=O)C(=O)N[C@H](C(N)=O)[C@@H](C)O. The van der Waals surface area contributed by atoms with Crippen molar-refractivity contribution in [3.8, 4) is 0 Å². The van der Waals surface area contributed by atoms with Gasteiger partial charge in [0.05, 0.1) is 18.6 Å². The van der Waals surface area contributed by atoms with Gasteiger partial charge in [-0.3, -0.25) is 33.6 Å². The van der Waals surface area contributed by atoms with E-state index in [1.807, 2.05) is 6.92 Å². The summed E-state index contributed by atoms with van der Waals surface area (Å²) in [5.41, 5.74) is 21.8. The molecule has 256 valence electrons. The first-order valence-electron chi connectivity index (χ1n) is 15.3. The van der Waals surface area contributed by atoms with Gasteiger partial charge in [0.25, 0.3) is 0 Å². The Labute approximate surface area is 263 Å². The highest BCUT2D eigenvalue weighted by Crippen LogP contribution is 2.21. The molecule has 0 bridgehead atoms. The fraction of sp³-hybridized carbons (Fsp3) is 0.750. The summed E-state index contributed by atoms with van der Waals surface area (Å²) in [4.78, 5) is 90.5. The molecule has 8 atom stereocenters. The minimum atomic E-state index is -1.53.